The molecule has 1 N–H and O–H groups in total. The van der Waals surface area contributed by atoms with Gasteiger partial charge in [0, 0.05) is 18.0 Å². The van der Waals surface area contributed by atoms with Gasteiger partial charge in [-0.3, -0.25) is 9.69 Å². The number of aryl methyl sites for hydroxylation is 2. The van der Waals surface area contributed by atoms with Crippen LogP contribution in [-0.2, 0) is 22.4 Å². The number of nitrogens with one attached hydrogen (secondary N) is 1. The Morgan fingerprint density at radius 2 is 1.52 bits per heavy atom. The molecular weight excluding hydrogens is 414 g/mol. The van der Waals surface area contributed by atoms with Gasteiger partial charge in [-0.2, -0.15) is 0 Å². The summed E-state index contributed by atoms with van der Waals surface area (Å²) >= 11 is 0. The van der Waals surface area contributed by atoms with Gasteiger partial charge >= 0.3 is 5.97 Å². The quantitative estimate of drug-likeness (QED) is 0.452. The SMILES string of the molecule is CC(OC(=O)c1ccc(-c2ncc[nH]2)cc1)C(=O)N1c2ccccc2CCc2ccccc21. The Balaban J connectivity index is 1.39. The van der Waals surface area contributed by atoms with Gasteiger partial charge in [-0.05, 0) is 55.2 Å². The Hall–Kier alpha value is -4.19. The number of hydrogen-bond donors (Lipinski definition) is 1. The highest BCUT2D eigenvalue weighted by molar-refractivity contribution is 6.05. The number of aromatic nitrogens is 2. The lowest BCUT2D eigenvalue weighted by Gasteiger charge is -2.27. The molecular formula is C27H23N3O3. The summed E-state index contributed by atoms with van der Waals surface area (Å²) in [5.74, 6) is -0.104. The third-order valence-electron chi connectivity index (χ3n) is 5.87. The Morgan fingerprint density at radius 3 is 2.09 bits per heavy atom. The number of anilines is 2. The van der Waals surface area contributed by atoms with E-state index in [0.29, 0.717) is 5.56 Å². The molecule has 6 heteroatoms. The number of amides is 1. The van der Waals surface area contributed by atoms with Crippen molar-refractivity contribution in [3.8, 4) is 11.4 Å². The van der Waals surface area contributed by atoms with E-state index < -0.39 is 12.1 Å². The number of hydrogen-bond acceptors (Lipinski definition) is 4. The molecule has 0 fully saturated rings. The Bertz CT molecular complexity index is 1250. The number of aromatic amines is 1. The zero-order valence-electron chi connectivity index (χ0n) is 18.2. The van der Waals surface area contributed by atoms with E-state index in [4.69, 9.17) is 4.74 Å². The Labute approximate surface area is 191 Å². The Morgan fingerprint density at radius 1 is 0.909 bits per heavy atom. The van der Waals surface area contributed by atoms with Crippen LogP contribution in [0.15, 0.2) is 85.2 Å². The first-order valence-electron chi connectivity index (χ1n) is 10.9. The number of ether oxygens (including phenoxy) is 1. The first-order chi connectivity index (χ1) is 16.1. The van der Waals surface area contributed by atoms with Crippen molar-refractivity contribution in [2.45, 2.75) is 25.9 Å². The molecule has 6 nitrogen and oxygen atoms in total. The summed E-state index contributed by atoms with van der Waals surface area (Å²) in [7, 11) is 0. The van der Waals surface area contributed by atoms with Crippen LogP contribution >= 0.6 is 0 Å². The third-order valence-corrected chi connectivity index (χ3v) is 5.87. The number of rotatable bonds is 4. The van der Waals surface area contributed by atoms with Crippen molar-refractivity contribution < 1.29 is 14.3 Å². The molecule has 0 radical (unpaired) electrons. The van der Waals surface area contributed by atoms with Gasteiger partial charge in [0.1, 0.15) is 5.82 Å². The summed E-state index contributed by atoms with van der Waals surface area (Å²) in [5, 5.41) is 0. The first kappa shape index (κ1) is 20.7. The fourth-order valence-electron chi connectivity index (χ4n) is 4.17. The standard InChI is InChI=1S/C27H23N3O3/c1-18(33-27(32)22-14-12-21(13-15-22)25-28-16-17-29-25)26(31)30-23-8-4-2-6-19(23)10-11-20-7-3-5-9-24(20)30/h2-9,12-18H,10-11H2,1H3,(H,28,29). The first-order valence-corrected chi connectivity index (χ1v) is 10.9. The average Bonchev–Trinajstić information content (AvgIpc) is 3.33. The number of benzene rings is 3. The summed E-state index contributed by atoms with van der Waals surface area (Å²) in [4.78, 5) is 35.3. The van der Waals surface area contributed by atoms with E-state index in [2.05, 4.69) is 9.97 Å². The molecule has 3 aromatic carbocycles. The predicted octanol–water partition coefficient (Wildman–Crippen LogP) is 5.09. The minimum Gasteiger partial charge on any atom is -0.449 e. The molecule has 1 aromatic heterocycles. The molecule has 0 aliphatic carbocycles. The maximum atomic E-state index is 13.6. The highest BCUT2D eigenvalue weighted by atomic mass is 16.5. The van der Waals surface area contributed by atoms with Gasteiger partial charge in [0.2, 0.25) is 0 Å². The van der Waals surface area contributed by atoms with E-state index in [1.807, 2.05) is 48.5 Å². The van der Waals surface area contributed by atoms with Crippen LogP contribution in [0.3, 0.4) is 0 Å². The summed E-state index contributed by atoms with van der Waals surface area (Å²) in [6, 6.07) is 22.7. The average molecular weight is 437 g/mol. The van der Waals surface area contributed by atoms with Crippen molar-refractivity contribution in [2.24, 2.45) is 0 Å². The van der Waals surface area contributed by atoms with Crippen molar-refractivity contribution >= 4 is 23.3 Å². The summed E-state index contributed by atoms with van der Waals surface area (Å²) < 4.78 is 5.60. The van der Waals surface area contributed by atoms with Crippen LogP contribution in [0.5, 0.6) is 0 Å². The zero-order valence-corrected chi connectivity index (χ0v) is 18.2. The van der Waals surface area contributed by atoms with Gasteiger partial charge < -0.3 is 9.72 Å². The number of carbonyl (C=O) groups excluding carboxylic acids is 2. The van der Waals surface area contributed by atoms with Crippen molar-refractivity contribution in [2.75, 3.05) is 4.90 Å². The molecule has 4 aromatic rings. The van der Waals surface area contributed by atoms with Crippen LogP contribution in [-0.4, -0.2) is 27.9 Å². The summed E-state index contributed by atoms with van der Waals surface area (Å²) in [6.07, 6.45) is 4.13. The van der Waals surface area contributed by atoms with E-state index in [9.17, 15) is 9.59 Å². The number of carbonyl (C=O) groups is 2. The highest BCUT2D eigenvalue weighted by Gasteiger charge is 2.30. The lowest BCUT2D eigenvalue weighted by atomic mass is 10.0. The topological polar surface area (TPSA) is 75.3 Å². The van der Waals surface area contributed by atoms with Crippen LogP contribution in [0.4, 0.5) is 11.4 Å². The second-order valence-electron chi connectivity index (χ2n) is 7.99. The van der Waals surface area contributed by atoms with Crippen molar-refractivity contribution in [3.63, 3.8) is 0 Å². The Kier molecular flexibility index (Phi) is 5.48. The van der Waals surface area contributed by atoms with Gasteiger partial charge in [0.15, 0.2) is 6.10 Å². The monoisotopic (exact) mass is 437 g/mol. The van der Waals surface area contributed by atoms with Crippen LogP contribution in [0.2, 0.25) is 0 Å². The fraction of sp³-hybridized carbons (Fsp3) is 0.148. The third kappa shape index (κ3) is 4.03. The fourth-order valence-corrected chi connectivity index (χ4v) is 4.17. The van der Waals surface area contributed by atoms with Gasteiger partial charge in [-0.25, -0.2) is 9.78 Å². The molecule has 1 amide bonds. The number of nitrogens with zero attached hydrogens (tertiary/aromatic N) is 2. The van der Waals surface area contributed by atoms with Gasteiger partial charge in [0.25, 0.3) is 5.91 Å². The van der Waals surface area contributed by atoms with Gasteiger partial charge in [-0.15, -0.1) is 0 Å². The summed E-state index contributed by atoms with van der Waals surface area (Å²) in [6.45, 7) is 1.62. The zero-order chi connectivity index (χ0) is 22.8. The lowest BCUT2D eigenvalue weighted by molar-refractivity contribution is -0.125. The lowest BCUT2D eigenvalue weighted by Crippen LogP contribution is -2.37. The van der Waals surface area contributed by atoms with Crippen molar-refractivity contribution in [3.05, 3.63) is 102 Å². The van der Waals surface area contributed by atoms with Crippen LogP contribution < -0.4 is 4.90 Å². The molecule has 1 atom stereocenters. The van der Waals surface area contributed by atoms with E-state index in [0.717, 1.165) is 46.7 Å². The maximum Gasteiger partial charge on any atom is 0.338 e. The van der Waals surface area contributed by atoms with Gasteiger partial charge in [0.05, 0.1) is 16.9 Å². The predicted molar refractivity (Wildman–Crippen MR) is 126 cm³/mol. The summed E-state index contributed by atoms with van der Waals surface area (Å²) in [5.41, 5.74) is 5.08. The maximum absolute atomic E-state index is 13.6. The van der Waals surface area contributed by atoms with E-state index in [-0.39, 0.29) is 5.91 Å². The van der Waals surface area contributed by atoms with Crippen LogP contribution in [0.1, 0.15) is 28.4 Å². The molecule has 5 rings (SSSR count). The minimum atomic E-state index is -0.957. The van der Waals surface area contributed by atoms with Crippen LogP contribution in [0.25, 0.3) is 11.4 Å². The number of para-hydroxylation sites is 2. The molecule has 0 saturated heterocycles. The van der Waals surface area contributed by atoms with Crippen LogP contribution in [0, 0.1) is 0 Å². The number of fused-ring (bicyclic) bond motifs is 2. The minimum absolute atomic E-state index is 0.280. The largest absolute Gasteiger partial charge is 0.449 e. The second kappa shape index (κ2) is 8.74. The molecule has 1 aliphatic rings. The molecule has 33 heavy (non-hydrogen) atoms. The van der Waals surface area contributed by atoms with Gasteiger partial charge in [-0.1, -0.05) is 48.5 Å². The number of imidazole rings is 1. The highest BCUT2D eigenvalue weighted by Crippen LogP contribution is 2.36. The molecule has 1 unspecified atom stereocenters. The smallest absolute Gasteiger partial charge is 0.338 e. The van der Waals surface area contributed by atoms with E-state index >= 15 is 0 Å². The molecule has 0 spiro atoms. The van der Waals surface area contributed by atoms with Crippen molar-refractivity contribution in [1.29, 1.82) is 0 Å². The van der Waals surface area contributed by atoms with E-state index in [1.54, 1.807) is 48.5 Å². The number of esters is 1. The van der Waals surface area contributed by atoms with E-state index in [1.165, 1.54) is 0 Å². The number of H-pyrrole nitrogens is 1. The molecule has 164 valence electrons. The molecule has 0 bridgehead atoms. The molecule has 2 heterocycles. The normalized spacial score (nSPS) is 13.4. The molecule has 0 saturated carbocycles. The van der Waals surface area contributed by atoms with Crippen molar-refractivity contribution in [1.82, 2.24) is 9.97 Å². The second-order valence-corrected chi connectivity index (χ2v) is 7.99. The molecule has 1 aliphatic heterocycles.